The van der Waals surface area contributed by atoms with Crippen LogP contribution < -0.4 is 52.3 Å². The van der Waals surface area contributed by atoms with Crippen molar-refractivity contribution >= 4 is 139 Å². The number of nitrogens with zero attached hydrogens (tertiary/aromatic N) is 8. The van der Waals surface area contributed by atoms with Crippen LogP contribution in [0, 0.1) is 13.8 Å². The lowest BCUT2D eigenvalue weighted by Gasteiger charge is -2.34. The molecule has 20 nitrogen and oxygen atoms in total. The monoisotopic (exact) mass is 1210 g/mol. The first-order valence-corrected chi connectivity index (χ1v) is 28.9. The summed E-state index contributed by atoms with van der Waals surface area (Å²) < 4.78 is 0. The van der Waals surface area contributed by atoms with E-state index >= 15 is 0 Å². The van der Waals surface area contributed by atoms with E-state index in [0.29, 0.717) is 50.1 Å². The topological polar surface area (TPSA) is 229 Å². The third-order valence-corrected chi connectivity index (χ3v) is 15.0. The predicted molar refractivity (Wildman–Crippen MR) is 349 cm³/mol. The number of aryl methyl sites for hydroxylation is 2. The van der Waals surface area contributed by atoms with Crippen LogP contribution in [0.15, 0.2) is 159 Å². The van der Waals surface area contributed by atoms with Crippen molar-refractivity contribution in [2.75, 3.05) is 125 Å². The number of benzene rings is 6. The summed E-state index contributed by atoms with van der Waals surface area (Å²) in [6.45, 7) is 15.2. The number of carbonyl (C=O) groups is 4. The van der Waals surface area contributed by atoms with Gasteiger partial charge in [0.2, 0.25) is 23.7 Å². The molecule has 2 aromatic heterocycles. The zero-order valence-electron chi connectivity index (χ0n) is 47.8. The lowest BCUT2D eigenvalue weighted by Crippen LogP contribution is -2.44. The number of piperazine rings is 2. The van der Waals surface area contributed by atoms with Crippen LogP contribution in [0.2, 0.25) is 10.0 Å². The number of carbonyl (C=O) groups excluding carboxylic acids is 4. The van der Waals surface area contributed by atoms with Crippen LogP contribution in [0.5, 0.6) is 0 Å². The van der Waals surface area contributed by atoms with Crippen LogP contribution in [0.1, 0.15) is 31.8 Å². The quantitative estimate of drug-likeness (QED) is 0.0295. The van der Waals surface area contributed by atoms with Crippen LogP contribution in [0.3, 0.4) is 0 Å². The molecule has 2 aliphatic heterocycles. The molecule has 0 bridgehead atoms. The van der Waals surface area contributed by atoms with E-state index in [1.807, 2.05) is 62.4 Å². The van der Waals surface area contributed by atoms with Gasteiger partial charge in [-0.1, -0.05) is 72.2 Å². The Morgan fingerprint density at radius 3 is 1.43 bits per heavy atom. The molecule has 442 valence electrons. The molecule has 2 saturated heterocycles. The van der Waals surface area contributed by atoms with Crippen molar-refractivity contribution in [1.29, 1.82) is 0 Å². The zero-order chi connectivity index (χ0) is 60.7. The molecule has 4 heterocycles. The normalized spacial score (nSPS) is 13.3. The molecule has 4 amide bonds. The van der Waals surface area contributed by atoms with Crippen LogP contribution in [0.4, 0.5) is 80.4 Å². The molecule has 0 aliphatic carbocycles. The number of nitrogens with one attached hydrogen (secondary N) is 8. The second-order valence-corrected chi connectivity index (χ2v) is 21.4. The highest BCUT2D eigenvalue weighted by Gasteiger charge is 2.22. The highest BCUT2D eigenvalue weighted by Crippen LogP contribution is 2.33. The van der Waals surface area contributed by atoms with Gasteiger partial charge in [0, 0.05) is 98.9 Å². The minimum atomic E-state index is -0.455. The number of aromatic nitrogens is 4. The molecule has 8 N–H and O–H groups in total. The van der Waals surface area contributed by atoms with Crippen molar-refractivity contribution in [3.05, 3.63) is 191 Å². The van der Waals surface area contributed by atoms with E-state index in [0.717, 1.165) is 86.2 Å². The maximum absolute atomic E-state index is 13.5. The zero-order valence-corrected chi connectivity index (χ0v) is 50.1. The predicted octanol–water partition coefficient (Wildman–Crippen LogP) is 12.2. The summed E-state index contributed by atoms with van der Waals surface area (Å²) in [5.41, 5.74) is 9.09. The lowest BCUT2D eigenvalue weighted by atomic mass is 10.2. The van der Waals surface area contributed by atoms with E-state index in [2.05, 4.69) is 127 Å². The number of para-hydroxylation sites is 4. The van der Waals surface area contributed by atoms with Crippen molar-refractivity contribution in [3.8, 4) is 0 Å². The number of alkyl halides is 1. The van der Waals surface area contributed by atoms with E-state index in [4.69, 9.17) is 34.8 Å². The van der Waals surface area contributed by atoms with Crippen LogP contribution in [-0.4, -0.2) is 126 Å². The summed E-state index contributed by atoms with van der Waals surface area (Å²) in [5, 5.41) is 25.0. The van der Waals surface area contributed by atoms with E-state index < -0.39 is 11.8 Å². The van der Waals surface area contributed by atoms with Crippen molar-refractivity contribution < 1.29 is 19.2 Å². The number of rotatable bonds is 18. The fourth-order valence-electron chi connectivity index (χ4n) is 9.26. The highest BCUT2D eigenvalue weighted by atomic mass is 35.5. The fourth-order valence-corrected chi connectivity index (χ4v) is 9.87. The standard InChI is InChI=1S/C32H33ClN8O2.C31H32Cl2N8O2/c1-4-28(42)35-23-8-6-9-24(19-23)36-30-26(31(43)38-29-21(2)7-5-10-27(29)33)20-34-32(39-30)37-22-11-13-25(14-12-22)41-17-15-40(3)16-18-41;1-20-6-5-7-24(33)28(20)38-30(43)23-19-34-31(35-21-10-12-22(13-11-21)41-16-14-40(2)15-17-41)39-29(23)37-26-9-4-3-8-25(26)36-27(42)18-32/h4-14,19-20H,1,15-18H2,2-3H3,(H,35,42)(H,38,43)(H2,34,36,37,39);3-13,19H,14-18H2,1-2H3,(H,36,42)(H,38,43)(H2,34,35,37,39). The van der Waals surface area contributed by atoms with Crippen molar-refractivity contribution in [1.82, 2.24) is 29.7 Å². The molecule has 0 unspecified atom stereocenters. The van der Waals surface area contributed by atoms with Gasteiger partial charge in [0.25, 0.3) is 11.8 Å². The third kappa shape index (κ3) is 16.3. The fraction of sp³-hybridized carbons (Fsp3) is 0.206. The number of anilines is 14. The number of likely N-dealkylation sites (N-methyl/N-ethyl adjacent to an activating group) is 2. The van der Waals surface area contributed by atoms with Crippen molar-refractivity contribution in [2.45, 2.75) is 13.8 Å². The van der Waals surface area contributed by atoms with Crippen LogP contribution >= 0.6 is 34.8 Å². The summed E-state index contributed by atoms with van der Waals surface area (Å²) in [6, 6.07) is 41.1. The summed E-state index contributed by atoms with van der Waals surface area (Å²) in [6.07, 6.45) is 4.10. The molecule has 0 spiro atoms. The van der Waals surface area contributed by atoms with Crippen LogP contribution in [0.25, 0.3) is 0 Å². The summed E-state index contributed by atoms with van der Waals surface area (Å²) in [7, 11) is 4.27. The maximum Gasteiger partial charge on any atom is 0.261 e. The van der Waals surface area contributed by atoms with Gasteiger partial charge >= 0.3 is 0 Å². The van der Waals surface area contributed by atoms with Gasteiger partial charge in [0.05, 0.1) is 32.8 Å². The van der Waals surface area contributed by atoms with Gasteiger partial charge in [-0.15, -0.1) is 11.6 Å². The van der Waals surface area contributed by atoms with Gasteiger partial charge in [-0.05, 0) is 136 Å². The average molecular weight is 1220 g/mol. The molecular weight excluding hydrogens is 1150 g/mol. The number of amides is 4. The molecule has 23 heteroatoms. The van der Waals surface area contributed by atoms with Crippen molar-refractivity contribution in [2.24, 2.45) is 0 Å². The molecule has 6 aromatic carbocycles. The molecule has 8 aromatic rings. The van der Waals surface area contributed by atoms with Gasteiger partial charge < -0.3 is 62.1 Å². The van der Waals surface area contributed by atoms with Gasteiger partial charge in [-0.3, -0.25) is 19.2 Å². The van der Waals surface area contributed by atoms with Crippen LogP contribution in [-0.2, 0) is 9.59 Å². The molecule has 2 fully saturated rings. The molecule has 0 atom stereocenters. The molecular formula is C63H65Cl3N16O4. The van der Waals surface area contributed by atoms with E-state index in [1.54, 1.807) is 60.7 Å². The largest absolute Gasteiger partial charge is 0.369 e. The Balaban J connectivity index is 0.000000205. The summed E-state index contributed by atoms with van der Waals surface area (Å²) >= 11 is 18.4. The van der Waals surface area contributed by atoms with Gasteiger partial charge in [0.15, 0.2) is 0 Å². The molecule has 0 saturated carbocycles. The first kappa shape index (κ1) is 61.3. The second-order valence-electron chi connectivity index (χ2n) is 20.4. The SMILES string of the molecule is C=CC(=O)Nc1cccc(Nc2nc(Nc3ccc(N4CCN(C)CC4)cc3)ncc2C(=O)Nc2c(C)cccc2Cl)c1.Cc1cccc(Cl)c1NC(=O)c1cnc(Nc2ccc(N3CCN(C)CC3)cc2)nc1Nc1ccccc1NC(=O)CCl. The first-order chi connectivity index (χ1) is 41.6. The maximum atomic E-state index is 13.5. The summed E-state index contributed by atoms with van der Waals surface area (Å²) in [4.78, 5) is 78.4. The van der Waals surface area contributed by atoms with Gasteiger partial charge in [-0.2, -0.15) is 9.97 Å². The number of hydrogen-bond acceptors (Lipinski definition) is 16. The highest BCUT2D eigenvalue weighted by molar-refractivity contribution is 6.34. The minimum Gasteiger partial charge on any atom is -0.369 e. The molecule has 2 aliphatic rings. The molecule has 0 radical (unpaired) electrons. The lowest BCUT2D eigenvalue weighted by molar-refractivity contribution is -0.114. The Bertz CT molecular complexity index is 3690. The Kier molecular flexibility index (Phi) is 20.6. The Morgan fingerprint density at radius 2 is 0.965 bits per heavy atom. The summed E-state index contributed by atoms with van der Waals surface area (Å²) in [5.74, 6) is -0.718. The van der Waals surface area contributed by atoms with E-state index in [-0.39, 0.29) is 46.4 Å². The smallest absolute Gasteiger partial charge is 0.261 e. The Labute approximate surface area is 514 Å². The van der Waals surface area contributed by atoms with Gasteiger partial charge in [-0.25, -0.2) is 9.97 Å². The van der Waals surface area contributed by atoms with E-state index in [1.165, 1.54) is 18.5 Å². The Morgan fingerprint density at radius 1 is 0.512 bits per heavy atom. The third-order valence-electron chi connectivity index (χ3n) is 14.1. The minimum absolute atomic E-state index is 0.175. The average Bonchev–Trinajstić information content (AvgIpc) is 3.66. The molecule has 10 rings (SSSR count). The number of halogens is 3. The van der Waals surface area contributed by atoms with Gasteiger partial charge in [0.1, 0.15) is 28.6 Å². The van der Waals surface area contributed by atoms with Crippen molar-refractivity contribution in [3.63, 3.8) is 0 Å². The Hall–Kier alpha value is -9.31. The molecule has 86 heavy (non-hydrogen) atoms. The number of hydrogen-bond donors (Lipinski definition) is 8. The first-order valence-electron chi connectivity index (χ1n) is 27.6. The second kappa shape index (κ2) is 29.0. The van der Waals surface area contributed by atoms with E-state index in [9.17, 15) is 19.2 Å².